The Morgan fingerprint density at radius 1 is 1.21 bits per heavy atom. The summed E-state index contributed by atoms with van der Waals surface area (Å²) in [6, 6.07) is 8.15. The Bertz CT molecular complexity index is 688. The van der Waals surface area contributed by atoms with Crippen LogP contribution in [0, 0.1) is 0 Å². The first-order valence-corrected chi connectivity index (χ1v) is 9.93. The molecule has 1 saturated heterocycles. The Morgan fingerprint density at radius 2 is 2.04 bits per heavy atom. The van der Waals surface area contributed by atoms with Gasteiger partial charge < -0.3 is 20.3 Å². The maximum atomic E-state index is 11.8. The van der Waals surface area contributed by atoms with Gasteiger partial charge in [-0.2, -0.15) is 0 Å². The lowest BCUT2D eigenvalue weighted by Gasteiger charge is -2.16. The van der Waals surface area contributed by atoms with Gasteiger partial charge in [0.25, 0.3) is 0 Å². The number of anilines is 1. The Morgan fingerprint density at radius 3 is 2.68 bits per heavy atom. The number of hydrogen-bond acceptors (Lipinski definition) is 3. The molecule has 154 valence electrons. The van der Waals surface area contributed by atoms with E-state index < -0.39 is 0 Å². The fourth-order valence-corrected chi connectivity index (χ4v) is 3.35. The zero-order valence-corrected chi connectivity index (χ0v) is 18.9. The number of carbonyl (C=O) groups excluding carboxylic acids is 1. The van der Waals surface area contributed by atoms with E-state index in [9.17, 15) is 4.79 Å². The topological polar surface area (TPSA) is 66.0 Å². The second-order valence-corrected chi connectivity index (χ2v) is 6.87. The third kappa shape index (κ3) is 6.77. The van der Waals surface area contributed by atoms with Gasteiger partial charge in [0, 0.05) is 31.7 Å². The van der Waals surface area contributed by atoms with Crippen LogP contribution < -0.4 is 15.5 Å². The van der Waals surface area contributed by atoms with E-state index in [1.54, 1.807) is 0 Å². The van der Waals surface area contributed by atoms with E-state index in [4.69, 9.17) is 4.74 Å². The number of halogens is 1. The van der Waals surface area contributed by atoms with Gasteiger partial charge in [0.05, 0.1) is 19.8 Å². The number of nitrogens with zero attached hydrogens (tertiary/aromatic N) is 2. The highest BCUT2D eigenvalue weighted by atomic mass is 127. The van der Waals surface area contributed by atoms with Crippen LogP contribution in [0.3, 0.4) is 0 Å². The van der Waals surface area contributed by atoms with Crippen molar-refractivity contribution in [3.05, 3.63) is 41.5 Å². The van der Waals surface area contributed by atoms with Crippen molar-refractivity contribution >= 4 is 41.5 Å². The van der Waals surface area contributed by atoms with Crippen molar-refractivity contribution in [3.8, 4) is 0 Å². The summed E-state index contributed by atoms with van der Waals surface area (Å²) in [5, 5.41) is 6.70. The highest BCUT2D eigenvalue weighted by molar-refractivity contribution is 14.0. The lowest BCUT2D eigenvalue weighted by molar-refractivity contribution is -0.117. The number of aliphatic imine (C=N–C) groups is 1. The molecule has 1 amide bonds. The van der Waals surface area contributed by atoms with Crippen LogP contribution in [0.4, 0.5) is 5.69 Å². The number of guanidine groups is 1. The van der Waals surface area contributed by atoms with Gasteiger partial charge in [0.15, 0.2) is 5.96 Å². The minimum absolute atomic E-state index is 0. The molecule has 1 fully saturated rings. The Balaban J connectivity index is 0.00000280. The highest BCUT2D eigenvalue weighted by Gasteiger charge is 2.21. The molecule has 0 atom stereocenters. The third-order valence-corrected chi connectivity index (χ3v) is 4.88. The second-order valence-electron chi connectivity index (χ2n) is 6.87. The van der Waals surface area contributed by atoms with Crippen LogP contribution in [0.15, 0.2) is 40.9 Å². The zero-order valence-electron chi connectivity index (χ0n) is 16.6. The summed E-state index contributed by atoms with van der Waals surface area (Å²) in [6.07, 6.45) is 5.84. The highest BCUT2D eigenvalue weighted by Crippen LogP contribution is 2.21. The van der Waals surface area contributed by atoms with Crippen molar-refractivity contribution in [3.63, 3.8) is 0 Å². The van der Waals surface area contributed by atoms with Crippen LogP contribution in [-0.4, -0.2) is 44.7 Å². The minimum atomic E-state index is 0. The third-order valence-electron chi connectivity index (χ3n) is 4.88. The van der Waals surface area contributed by atoms with Gasteiger partial charge in [-0.1, -0.05) is 23.8 Å². The van der Waals surface area contributed by atoms with Crippen molar-refractivity contribution in [2.45, 2.75) is 39.2 Å². The van der Waals surface area contributed by atoms with Gasteiger partial charge >= 0.3 is 0 Å². The summed E-state index contributed by atoms with van der Waals surface area (Å²) in [7, 11) is 0. The SMILES string of the molecule is CCNC(=NCc1ccc(N2CCCC2=O)cc1)NCCC1=CCOCC1.I. The van der Waals surface area contributed by atoms with E-state index in [0.29, 0.717) is 13.0 Å². The van der Waals surface area contributed by atoms with Crippen LogP contribution in [0.2, 0.25) is 0 Å². The summed E-state index contributed by atoms with van der Waals surface area (Å²) in [5.41, 5.74) is 3.58. The average Bonchev–Trinajstić information content (AvgIpc) is 3.13. The second kappa shape index (κ2) is 12.1. The fourth-order valence-electron chi connectivity index (χ4n) is 3.35. The van der Waals surface area contributed by atoms with E-state index >= 15 is 0 Å². The summed E-state index contributed by atoms with van der Waals surface area (Å²) in [6.45, 7) is 6.78. The first-order valence-electron chi connectivity index (χ1n) is 9.93. The molecule has 2 N–H and O–H groups in total. The smallest absolute Gasteiger partial charge is 0.227 e. The molecule has 1 aromatic rings. The molecule has 0 saturated carbocycles. The number of nitrogens with one attached hydrogen (secondary N) is 2. The van der Waals surface area contributed by atoms with Crippen molar-refractivity contribution in [2.75, 3.05) is 37.7 Å². The molecule has 1 aromatic carbocycles. The molecule has 2 aliphatic heterocycles. The zero-order chi connectivity index (χ0) is 18.9. The first kappa shape index (κ1) is 22.7. The van der Waals surface area contributed by atoms with E-state index in [0.717, 1.165) is 69.3 Å². The maximum Gasteiger partial charge on any atom is 0.227 e. The van der Waals surface area contributed by atoms with Crippen LogP contribution >= 0.6 is 24.0 Å². The van der Waals surface area contributed by atoms with Crippen LogP contribution in [0.25, 0.3) is 0 Å². The van der Waals surface area contributed by atoms with E-state index in [1.165, 1.54) is 5.57 Å². The number of ether oxygens (including phenoxy) is 1. The number of hydrogen-bond donors (Lipinski definition) is 2. The lowest BCUT2D eigenvalue weighted by atomic mass is 10.1. The Labute approximate surface area is 184 Å². The molecule has 28 heavy (non-hydrogen) atoms. The van der Waals surface area contributed by atoms with E-state index in [-0.39, 0.29) is 29.9 Å². The number of carbonyl (C=O) groups is 1. The average molecular weight is 498 g/mol. The summed E-state index contributed by atoms with van der Waals surface area (Å²) in [4.78, 5) is 18.4. The molecule has 0 bridgehead atoms. The predicted molar refractivity (Wildman–Crippen MR) is 124 cm³/mol. The molecule has 0 radical (unpaired) electrons. The maximum absolute atomic E-state index is 11.8. The Kier molecular flexibility index (Phi) is 9.77. The molecule has 2 heterocycles. The summed E-state index contributed by atoms with van der Waals surface area (Å²) < 4.78 is 5.35. The van der Waals surface area contributed by atoms with Crippen LogP contribution in [-0.2, 0) is 16.1 Å². The number of amides is 1. The molecular formula is C21H31IN4O2. The van der Waals surface area contributed by atoms with E-state index in [2.05, 4.69) is 40.8 Å². The molecule has 2 aliphatic rings. The fraction of sp³-hybridized carbons (Fsp3) is 0.524. The summed E-state index contributed by atoms with van der Waals surface area (Å²) >= 11 is 0. The molecular weight excluding hydrogens is 467 g/mol. The number of rotatable bonds is 7. The molecule has 0 spiro atoms. The monoisotopic (exact) mass is 498 g/mol. The van der Waals surface area contributed by atoms with Gasteiger partial charge in [0.1, 0.15) is 0 Å². The van der Waals surface area contributed by atoms with Gasteiger partial charge in [-0.15, -0.1) is 24.0 Å². The van der Waals surface area contributed by atoms with Gasteiger partial charge in [-0.3, -0.25) is 4.79 Å². The normalized spacial score (nSPS) is 17.2. The van der Waals surface area contributed by atoms with Crippen LogP contribution in [0.1, 0.15) is 38.2 Å². The van der Waals surface area contributed by atoms with Crippen molar-refractivity contribution in [1.29, 1.82) is 0 Å². The molecule has 3 rings (SSSR count). The van der Waals surface area contributed by atoms with Crippen molar-refractivity contribution < 1.29 is 9.53 Å². The van der Waals surface area contributed by atoms with Gasteiger partial charge in [-0.05, 0) is 43.9 Å². The molecule has 0 aromatic heterocycles. The van der Waals surface area contributed by atoms with Crippen molar-refractivity contribution in [2.24, 2.45) is 4.99 Å². The summed E-state index contributed by atoms with van der Waals surface area (Å²) in [5.74, 6) is 1.06. The Hall–Kier alpha value is -1.61. The van der Waals surface area contributed by atoms with Crippen LogP contribution in [0.5, 0.6) is 0 Å². The molecule has 7 heteroatoms. The first-order chi connectivity index (χ1) is 13.3. The molecule has 6 nitrogen and oxygen atoms in total. The van der Waals surface area contributed by atoms with Crippen molar-refractivity contribution in [1.82, 2.24) is 10.6 Å². The molecule has 0 aliphatic carbocycles. The van der Waals surface area contributed by atoms with E-state index in [1.807, 2.05) is 17.0 Å². The quantitative estimate of drug-likeness (QED) is 0.262. The molecule has 0 unspecified atom stereocenters. The lowest BCUT2D eigenvalue weighted by Crippen LogP contribution is -2.38. The van der Waals surface area contributed by atoms with Gasteiger partial charge in [0.2, 0.25) is 5.91 Å². The number of benzene rings is 1. The standard InChI is InChI=1S/C21H30N4O2.HI/c1-2-22-21(23-12-9-17-10-14-27-15-11-17)24-16-18-5-7-19(8-6-18)25-13-3-4-20(25)26;/h5-8,10H,2-4,9,11-16H2,1H3,(H2,22,23,24);1H. The largest absolute Gasteiger partial charge is 0.377 e. The predicted octanol–water partition coefficient (Wildman–Crippen LogP) is 3.22. The van der Waals surface area contributed by atoms with Gasteiger partial charge in [-0.25, -0.2) is 4.99 Å². The minimum Gasteiger partial charge on any atom is -0.377 e.